The topological polar surface area (TPSA) is 64.3 Å². The molecule has 122 valence electrons. The van der Waals surface area contributed by atoms with Gasteiger partial charge < -0.3 is 15.8 Å². The number of carbonyl (C=O) groups is 1. The molecule has 2 fully saturated rings. The third-order valence-corrected chi connectivity index (χ3v) is 5.99. The lowest BCUT2D eigenvalue weighted by Crippen LogP contribution is -2.76. The lowest BCUT2D eigenvalue weighted by atomic mass is 9.54. The van der Waals surface area contributed by atoms with E-state index in [1.165, 1.54) is 19.3 Å². The van der Waals surface area contributed by atoms with E-state index >= 15 is 0 Å². The van der Waals surface area contributed by atoms with Crippen molar-refractivity contribution < 1.29 is 9.53 Å². The van der Waals surface area contributed by atoms with E-state index in [-0.39, 0.29) is 17.4 Å². The van der Waals surface area contributed by atoms with E-state index in [0.717, 1.165) is 18.8 Å². The van der Waals surface area contributed by atoms with Crippen LogP contribution in [0.1, 0.15) is 66.2 Å². The highest BCUT2D eigenvalue weighted by Gasteiger charge is 2.63. The van der Waals surface area contributed by atoms with Gasteiger partial charge in [0.05, 0.1) is 6.10 Å². The van der Waals surface area contributed by atoms with Crippen molar-refractivity contribution in [3.05, 3.63) is 0 Å². The van der Waals surface area contributed by atoms with Crippen molar-refractivity contribution in [3.63, 3.8) is 0 Å². The molecule has 2 rings (SSSR count). The molecule has 2 aliphatic carbocycles. The standard InChI is InChI=1S/C17H32N2O2/c1-5-12-7-9-13(10-8-12)19-15(20)17(18)11-14(21-6-2)16(17,3)4/h12-14H,5-11,18H2,1-4H3,(H,19,20). The second-order valence-corrected chi connectivity index (χ2v) is 7.44. The Balaban J connectivity index is 1.89. The van der Waals surface area contributed by atoms with Crippen LogP contribution in [0.2, 0.25) is 0 Å². The molecule has 3 N–H and O–H groups in total. The molecule has 21 heavy (non-hydrogen) atoms. The Morgan fingerprint density at radius 3 is 2.33 bits per heavy atom. The number of ether oxygens (including phenoxy) is 1. The van der Waals surface area contributed by atoms with Crippen molar-refractivity contribution in [1.82, 2.24) is 5.32 Å². The number of nitrogens with one attached hydrogen (secondary N) is 1. The number of amides is 1. The van der Waals surface area contributed by atoms with Crippen LogP contribution in [0.4, 0.5) is 0 Å². The van der Waals surface area contributed by atoms with Gasteiger partial charge in [-0.05, 0) is 38.5 Å². The third-order valence-electron chi connectivity index (χ3n) is 5.99. The van der Waals surface area contributed by atoms with Crippen LogP contribution in [0.15, 0.2) is 0 Å². The Labute approximate surface area is 129 Å². The van der Waals surface area contributed by atoms with Gasteiger partial charge in [0.2, 0.25) is 5.91 Å². The van der Waals surface area contributed by atoms with Crippen molar-refractivity contribution in [2.45, 2.75) is 83.9 Å². The Morgan fingerprint density at radius 2 is 1.86 bits per heavy atom. The first-order valence-corrected chi connectivity index (χ1v) is 8.56. The number of carbonyl (C=O) groups excluding carboxylic acids is 1. The van der Waals surface area contributed by atoms with E-state index in [1.807, 2.05) is 20.8 Å². The first-order chi connectivity index (χ1) is 9.85. The third kappa shape index (κ3) is 2.98. The lowest BCUT2D eigenvalue weighted by molar-refractivity contribution is -0.171. The Hall–Kier alpha value is -0.610. The molecule has 0 aromatic rings. The SMILES string of the molecule is CCOC1CC(N)(C(=O)NC2CCC(CC)CC2)C1(C)C. The van der Waals surface area contributed by atoms with Crippen LogP contribution in [-0.4, -0.2) is 30.2 Å². The predicted octanol–water partition coefficient (Wildman–Crippen LogP) is 2.60. The first-order valence-electron chi connectivity index (χ1n) is 8.56. The quantitative estimate of drug-likeness (QED) is 0.819. The summed E-state index contributed by atoms with van der Waals surface area (Å²) in [6.45, 7) is 9.00. The van der Waals surface area contributed by atoms with Gasteiger partial charge in [0.25, 0.3) is 0 Å². The van der Waals surface area contributed by atoms with Crippen LogP contribution in [0.5, 0.6) is 0 Å². The van der Waals surface area contributed by atoms with E-state index in [1.54, 1.807) is 0 Å². The molecular weight excluding hydrogens is 264 g/mol. The minimum atomic E-state index is -0.783. The molecule has 2 saturated carbocycles. The first kappa shape index (κ1) is 16.8. The molecule has 2 unspecified atom stereocenters. The minimum Gasteiger partial charge on any atom is -0.378 e. The summed E-state index contributed by atoms with van der Waals surface area (Å²) >= 11 is 0. The second-order valence-electron chi connectivity index (χ2n) is 7.44. The fraction of sp³-hybridized carbons (Fsp3) is 0.941. The summed E-state index contributed by atoms with van der Waals surface area (Å²) in [4.78, 5) is 12.6. The summed E-state index contributed by atoms with van der Waals surface area (Å²) in [5, 5.41) is 3.20. The molecule has 2 aliphatic rings. The minimum absolute atomic E-state index is 0.0170. The zero-order valence-corrected chi connectivity index (χ0v) is 14.1. The Bertz CT molecular complexity index is 375. The molecule has 0 aliphatic heterocycles. The summed E-state index contributed by atoms with van der Waals surface area (Å²) in [6.07, 6.45) is 6.61. The maximum absolute atomic E-state index is 12.6. The van der Waals surface area contributed by atoms with E-state index in [4.69, 9.17) is 10.5 Å². The molecule has 4 heteroatoms. The van der Waals surface area contributed by atoms with Gasteiger partial charge in [0, 0.05) is 24.5 Å². The summed E-state index contributed by atoms with van der Waals surface area (Å²) in [7, 11) is 0. The van der Waals surface area contributed by atoms with Gasteiger partial charge in [-0.25, -0.2) is 0 Å². The summed E-state index contributed by atoms with van der Waals surface area (Å²) in [5.74, 6) is 0.857. The van der Waals surface area contributed by atoms with Crippen LogP contribution < -0.4 is 11.1 Å². The Kier molecular flexibility index (Phi) is 4.99. The maximum atomic E-state index is 12.6. The Morgan fingerprint density at radius 1 is 1.24 bits per heavy atom. The van der Waals surface area contributed by atoms with E-state index in [0.29, 0.717) is 19.1 Å². The molecule has 0 heterocycles. The van der Waals surface area contributed by atoms with E-state index < -0.39 is 5.54 Å². The van der Waals surface area contributed by atoms with Gasteiger partial charge in [-0.3, -0.25) is 4.79 Å². The molecule has 4 nitrogen and oxygen atoms in total. The van der Waals surface area contributed by atoms with Crippen molar-refractivity contribution in [1.29, 1.82) is 0 Å². The normalized spacial score (nSPS) is 38.6. The van der Waals surface area contributed by atoms with E-state index in [9.17, 15) is 4.79 Å². The molecule has 0 spiro atoms. The number of rotatable bonds is 5. The van der Waals surface area contributed by atoms with Crippen molar-refractivity contribution in [3.8, 4) is 0 Å². The zero-order chi connectivity index (χ0) is 15.7. The largest absolute Gasteiger partial charge is 0.378 e. The highest BCUT2D eigenvalue weighted by molar-refractivity contribution is 5.89. The second kappa shape index (κ2) is 6.25. The smallest absolute Gasteiger partial charge is 0.241 e. The van der Waals surface area contributed by atoms with Crippen LogP contribution in [0, 0.1) is 11.3 Å². The summed E-state index contributed by atoms with van der Waals surface area (Å²) in [6, 6.07) is 0.308. The van der Waals surface area contributed by atoms with Crippen LogP contribution >= 0.6 is 0 Å². The highest BCUT2D eigenvalue weighted by atomic mass is 16.5. The molecule has 1 amide bonds. The van der Waals surface area contributed by atoms with E-state index in [2.05, 4.69) is 12.2 Å². The van der Waals surface area contributed by atoms with Gasteiger partial charge in [-0.1, -0.05) is 27.2 Å². The van der Waals surface area contributed by atoms with Gasteiger partial charge in [-0.15, -0.1) is 0 Å². The van der Waals surface area contributed by atoms with Crippen LogP contribution in [0.25, 0.3) is 0 Å². The molecule has 2 atom stereocenters. The van der Waals surface area contributed by atoms with Crippen molar-refractivity contribution in [2.24, 2.45) is 17.1 Å². The lowest BCUT2D eigenvalue weighted by Gasteiger charge is -2.57. The number of hydrogen-bond donors (Lipinski definition) is 2. The maximum Gasteiger partial charge on any atom is 0.241 e. The fourth-order valence-corrected chi connectivity index (χ4v) is 3.85. The molecule has 0 aromatic carbocycles. The predicted molar refractivity (Wildman–Crippen MR) is 84.9 cm³/mol. The monoisotopic (exact) mass is 296 g/mol. The molecule has 0 radical (unpaired) electrons. The highest BCUT2D eigenvalue weighted by Crippen LogP contribution is 2.50. The average molecular weight is 296 g/mol. The molecule has 0 saturated heterocycles. The van der Waals surface area contributed by atoms with Crippen LogP contribution in [0.3, 0.4) is 0 Å². The molecule has 0 aromatic heterocycles. The van der Waals surface area contributed by atoms with Gasteiger partial charge >= 0.3 is 0 Å². The number of hydrogen-bond acceptors (Lipinski definition) is 3. The zero-order valence-electron chi connectivity index (χ0n) is 14.1. The number of nitrogens with two attached hydrogens (primary N) is 1. The van der Waals surface area contributed by atoms with Crippen molar-refractivity contribution >= 4 is 5.91 Å². The molecular formula is C17H32N2O2. The fourth-order valence-electron chi connectivity index (χ4n) is 3.85. The van der Waals surface area contributed by atoms with Gasteiger partial charge in [0.1, 0.15) is 5.54 Å². The van der Waals surface area contributed by atoms with Crippen molar-refractivity contribution in [2.75, 3.05) is 6.61 Å². The summed E-state index contributed by atoms with van der Waals surface area (Å²) in [5.41, 5.74) is 5.34. The van der Waals surface area contributed by atoms with Crippen LogP contribution in [-0.2, 0) is 9.53 Å². The average Bonchev–Trinajstić information content (AvgIpc) is 2.47. The summed E-state index contributed by atoms with van der Waals surface area (Å²) < 4.78 is 5.70. The van der Waals surface area contributed by atoms with Gasteiger partial charge in [0.15, 0.2) is 0 Å². The molecule has 0 bridgehead atoms. The van der Waals surface area contributed by atoms with Gasteiger partial charge in [-0.2, -0.15) is 0 Å².